The van der Waals surface area contributed by atoms with Gasteiger partial charge in [-0.1, -0.05) is 12.1 Å². The molecule has 1 aromatic carbocycles. The van der Waals surface area contributed by atoms with E-state index in [2.05, 4.69) is 15.3 Å². The molecule has 0 saturated carbocycles. The minimum Gasteiger partial charge on any atom is -0.462 e. The number of ether oxygens (including phenoxy) is 1. The van der Waals surface area contributed by atoms with Gasteiger partial charge in [-0.25, -0.2) is 9.79 Å². The van der Waals surface area contributed by atoms with E-state index in [4.69, 9.17) is 10.5 Å². The first-order chi connectivity index (χ1) is 12.8. The molecule has 0 aliphatic carbocycles. The van der Waals surface area contributed by atoms with Crippen molar-refractivity contribution in [3.63, 3.8) is 0 Å². The molecule has 0 atom stereocenters. The van der Waals surface area contributed by atoms with Gasteiger partial charge in [-0.3, -0.25) is 4.79 Å². The summed E-state index contributed by atoms with van der Waals surface area (Å²) in [6.45, 7) is 6.82. The van der Waals surface area contributed by atoms with E-state index in [9.17, 15) is 14.9 Å². The predicted molar refractivity (Wildman–Crippen MR) is 102 cm³/mol. The molecular weight excluding hydrogens is 346 g/mol. The summed E-state index contributed by atoms with van der Waals surface area (Å²) >= 11 is 0. The summed E-state index contributed by atoms with van der Waals surface area (Å²) in [7, 11) is 0. The fourth-order valence-corrected chi connectivity index (χ4v) is 2.55. The number of aliphatic imine (C=N–C) groups is 1. The molecular formula is C19H21N5O3. The summed E-state index contributed by atoms with van der Waals surface area (Å²) in [5, 5.41) is 12.2. The summed E-state index contributed by atoms with van der Waals surface area (Å²) in [4.78, 5) is 30.6. The van der Waals surface area contributed by atoms with Crippen molar-refractivity contribution in [2.45, 2.75) is 27.7 Å². The number of carbonyl (C=O) groups is 2. The Morgan fingerprint density at radius 3 is 2.67 bits per heavy atom. The lowest BCUT2D eigenvalue weighted by Crippen LogP contribution is -2.14. The second-order valence-electron chi connectivity index (χ2n) is 5.89. The molecule has 8 heteroatoms. The van der Waals surface area contributed by atoms with Crippen molar-refractivity contribution in [1.82, 2.24) is 4.98 Å². The zero-order valence-corrected chi connectivity index (χ0v) is 15.6. The maximum Gasteiger partial charge on any atom is 0.341 e. The fraction of sp³-hybridized carbons (Fsp3) is 0.263. The van der Waals surface area contributed by atoms with Crippen LogP contribution in [0.3, 0.4) is 0 Å². The van der Waals surface area contributed by atoms with Crippen LogP contribution in [-0.4, -0.2) is 29.3 Å². The third-order valence-electron chi connectivity index (χ3n) is 3.84. The average molecular weight is 367 g/mol. The molecule has 0 unspecified atom stereocenters. The number of benzene rings is 1. The van der Waals surface area contributed by atoms with Crippen molar-refractivity contribution < 1.29 is 14.3 Å². The van der Waals surface area contributed by atoms with E-state index < -0.39 is 5.97 Å². The van der Waals surface area contributed by atoms with Gasteiger partial charge >= 0.3 is 5.97 Å². The molecule has 0 aliphatic rings. The van der Waals surface area contributed by atoms with Crippen molar-refractivity contribution in [2.75, 3.05) is 11.9 Å². The van der Waals surface area contributed by atoms with Gasteiger partial charge in [0, 0.05) is 23.9 Å². The highest BCUT2D eigenvalue weighted by Crippen LogP contribution is 2.26. The van der Waals surface area contributed by atoms with Gasteiger partial charge in [0.05, 0.1) is 6.61 Å². The molecule has 0 spiro atoms. The van der Waals surface area contributed by atoms with Crippen molar-refractivity contribution >= 4 is 29.2 Å². The number of nitrogens with zero attached hydrogens (tertiary/aromatic N) is 2. The zero-order valence-electron chi connectivity index (χ0n) is 15.6. The molecule has 0 radical (unpaired) electrons. The first kappa shape index (κ1) is 19.7. The Labute approximate surface area is 157 Å². The van der Waals surface area contributed by atoms with Gasteiger partial charge < -0.3 is 20.8 Å². The highest BCUT2D eigenvalue weighted by molar-refractivity contribution is 6.02. The summed E-state index contributed by atoms with van der Waals surface area (Å²) in [5.41, 5.74) is 8.84. The zero-order chi connectivity index (χ0) is 20.1. The van der Waals surface area contributed by atoms with Crippen LogP contribution < -0.4 is 11.1 Å². The quantitative estimate of drug-likeness (QED) is 0.424. The molecule has 8 nitrogen and oxygen atoms in total. The van der Waals surface area contributed by atoms with Gasteiger partial charge in [-0.05, 0) is 32.4 Å². The number of amidine groups is 1. The van der Waals surface area contributed by atoms with E-state index in [1.807, 2.05) is 13.0 Å². The number of nitriles is 1. The molecule has 1 aromatic heterocycles. The maximum absolute atomic E-state index is 12.1. The number of nitrogens with two attached hydrogens (primary N) is 1. The lowest BCUT2D eigenvalue weighted by molar-refractivity contribution is -0.114. The van der Waals surface area contributed by atoms with Gasteiger partial charge in [-0.15, -0.1) is 0 Å². The number of amides is 1. The molecule has 2 aromatic rings. The number of H-pyrrole nitrogens is 1. The van der Waals surface area contributed by atoms with E-state index in [1.54, 1.807) is 32.0 Å². The highest BCUT2D eigenvalue weighted by atomic mass is 16.5. The number of hydrogen-bond donors (Lipinski definition) is 3. The molecule has 0 fully saturated rings. The maximum atomic E-state index is 12.1. The molecule has 0 saturated heterocycles. The van der Waals surface area contributed by atoms with Crippen molar-refractivity contribution in [3.8, 4) is 6.07 Å². The summed E-state index contributed by atoms with van der Waals surface area (Å²) in [6, 6.07) is 7.24. The Morgan fingerprint density at radius 1 is 1.37 bits per heavy atom. The van der Waals surface area contributed by atoms with Crippen molar-refractivity contribution in [2.24, 2.45) is 10.7 Å². The Bertz CT molecular complexity index is 966. The molecule has 0 aliphatic heterocycles. The summed E-state index contributed by atoms with van der Waals surface area (Å²) < 4.78 is 4.99. The molecule has 0 bridgehead atoms. The molecule has 27 heavy (non-hydrogen) atoms. The molecule has 1 amide bonds. The van der Waals surface area contributed by atoms with E-state index in [0.717, 1.165) is 5.56 Å². The lowest BCUT2D eigenvalue weighted by Gasteiger charge is -2.09. The van der Waals surface area contributed by atoms with Gasteiger partial charge in [0.15, 0.2) is 5.82 Å². The number of aromatic nitrogens is 1. The van der Waals surface area contributed by atoms with Crippen molar-refractivity contribution in [3.05, 3.63) is 46.1 Å². The molecule has 2 rings (SSSR count). The Morgan fingerprint density at radius 2 is 2.07 bits per heavy atom. The average Bonchev–Trinajstić information content (AvgIpc) is 2.91. The molecule has 4 N–H and O–H groups in total. The van der Waals surface area contributed by atoms with Gasteiger partial charge in [0.2, 0.25) is 5.91 Å². The van der Waals surface area contributed by atoms with E-state index in [1.165, 1.54) is 6.92 Å². The van der Waals surface area contributed by atoms with E-state index in [-0.39, 0.29) is 35.3 Å². The number of hydrogen-bond acceptors (Lipinski definition) is 5. The Hall–Kier alpha value is -3.60. The first-order valence-electron chi connectivity index (χ1n) is 8.31. The van der Waals surface area contributed by atoms with Crippen LogP contribution in [0.4, 0.5) is 11.5 Å². The number of carbonyl (C=O) groups excluding carboxylic acids is 2. The number of anilines is 1. The standard InChI is InChI=1S/C19H21N5O3/c1-5-27-19(26)16-11(3)22-18(14(16)9-20)24-17(21)13-7-6-10(2)15(8-13)23-12(4)25/h6-8,22H,5H2,1-4H3,(H2,21,24)(H,23,25). The lowest BCUT2D eigenvalue weighted by atomic mass is 10.1. The van der Waals surface area contributed by atoms with Crippen LogP contribution in [-0.2, 0) is 9.53 Å². The van der Waals surface area contributed by atoms with Crippen LogP contribution in [0.1, 0.15) is 46.6 Å². The molecule has 140 valence electrons. The number of aromatic amines is 1. The van der Waals surface area contributed by atoms with Crippen LogP contribution >= 0.6 is 0 Å². The monoisotopic (exact) mass is 367 g/mol. The number of nitrogens with one attached hydrogen (secondary N) is 2. The second-order valence-corrected chi connectivity index (χ2v) is 5.89. The topological polar surface area (TPSA) is 133 Å². The van der Waals surface area contributed by atoms with Crippen molar-refractivity contribution in [1.29, 1.82) is 5.26 Å². The van der Waals surface area contributed by atoms with Crippen LogP contribution in [0.5, 0.6) is 0 Å². The minimum atomic E-state index is -0.592. The van der Waals surface area contributed by atoms with Crippen LogP contribution in [0, 0.1) is 25.2 Å². The third kappa shape index (κ3) is 4.33. The largest absolute Gasteiger partial charge is 0.462 e. The Kier molecular flexibility index (Phi) is 5.98. The van der Waals surface area contributed by atoms with Gasteiger partial charge in [-0.2, -0.15) is 5.26 Å². The van der Waals surface area contributed by atoms with Crippen LogP contribution in [0.25, 0.3) is 0 Å². The summed E-state index contributed by atoms with van der Waals surface area (Å²) in [5.74, 6) is -0.477. The smallest absolute Gasteiger partial charge is 0.341 e. The van der Waals surface area contributed by atoms with Gasteiger partial charge in [0.1, 0.15) is 23.0 Å². The van der Waals surface area contributed by atoms with Crippen LogP contribution in [0.15, 0.2) is 23.2 Å². The molecule has 1 heterocycles. The third-order valence-corrected chi connectivity index (χ3v) is 3.84. The van der Waals surface area contributed by atoms with E-state index in [0.29, 0.717) is 16.9 Å². The predicted octanol–water partition coefficient (Wildman–Crippen LogP) is 2.68. The normalized spacial score (nSPS) is 11.0. The fourth-order valence-electron chi connectivity index (χ4n) is 2.55. The number of aryl methyl sites for hydroxylation is 2. The van der Waals surface area contributed by atoms with Gasteiger partial charge in [0.25, 0.3) is 0 Å². The Balaban J connectivity index is 2.47. The second kappa shape index (κ2) is 8.19. The SMILES string of the molecule is CCOC(=O)c1c(C)[nH]c(/N=C(\N)c2ccc(C)c(NC(C)=O)c2)c1C#N. The first-order valence-corrected chi connectivity index (χ1v) is 8.31. The minimum absolute atomic E-state index is 0.0723. The highest BCUT2D eigenvalue weighted by Gasteiger charge is 2.22. The summed E-state index contributed by atoms with van der Waals surface area (Å²) in [6.07, 6.45) is 0. The van der Waals surface area contributed by atoms with E-state index >= 15 is 0 Å². The van der Waals surface area contributed by atoms with Crippen LogP contribution in [0.2, 0.25) is 0 Å². The number of esters is 1. The number of rotatable bonds is 5.